The third-order valence-electron chi connectivity index (χ3n) is 4.52. The highest BCUT2D eigenvalue weighted by Gasteiger charge is 2.45. The SMILES string of the molecule is CC(C)n1ncnc1CC(=O)C1(c2ccccc2)CCC1. The molecule has 4 heteroatoms. The summed E-state index contributed by atoms with van der Waals surface area (Å²) in [5.41, 5.74) is 0.853. The Kier molecular flexibility index (Phi) is 3.62. The monoisotopic (exact) mass is 283 g/mol. The van der Waals surface area contributed by atoms with Crippen LogP contribution in [0.4, 0.5) is 0 Å². The minimum Gasteiger partial charge on any atom is -0.298 e. The lowest BCUT2D eigenvalue weighted by Gasteiger charge is -2.41. The van der Waals surface area contributed by atoms with Crippen molar-refractivity contribution in [1.82, 2.24) is 14.8 Å². The number of benzene rings is 1. The molecule has 1 aliphatic rings. The lowest BCUT2D eigenvalue weighted by molar-refractivity contribution is -0.127. The Labute approximate surface area is 125 Å². The lowest BCUT2D eigenvalue weighted by Crippen LogP contribution is -2.43. The molecule has 4 nitrogen and oxygen atoms in total. The maximum absolute atomic E-state index is 12.9. The van der Waals surface area contributed by atoms with Gasteiger partial charge in [-0.05, 0) is 32.3 Å². The fraction of sp³-hybridized carbons (Fsp3) is 0.471. The van der Waals surface area contributed by atoms with Gasteiger partial charge in [-0.25, -0.2) is 9.67 Å². The summed E-state index contributed by atoms with van der Waals surface area (Å²) in [5, 5.41) is 4.22. The van der Waals surface area contributed by atoms with Gasteiger partial charge in [0, 0.05) is 6.04 Å². The van der Waals surface area contributed by atoms with Crippen LogP contribution in [-0.2, 0) is 16.6 Å². The van der Waals surface area contributed by atoms with Crippen molar-refractivity contribution in [1.29, 1.82) is 0 Å². The molecule has 0 amide bonds. The summed E-state index contributed by atoms with van der Waals surface area (Å²) in [6, 6.07) is 10.4. The molecule has 1 heterocycles. The fourth-order valence-corrected chi connectivity index (χ4v) is 3.16. The molecule has 0 spiro atoms. The first kappa shape index (κ1) is 14.0. The van der Waals surface area contributed by atoms with Crippen LogP contribution < -0.4 is 0 Å². The zero-order valence-corrected chi connectivity index (χ0v) is 12.6. The van der Waals surface area contributed by atoms with Gasteiger partial charge in [-0.1, -0.05) is 36.8 Å². The molecule has 0 atom stereocenters. The first-order valence-electron chi connectivity index (χ1n) is 7.61. The minimum absolute atomic E-state index is 0.226. The molecule has 1 fully saturated rings. The van der Waals surface area contributed by atoms with Crippen molar-refractivity contribution in [2.24, 2.45) is 0 Å². The van der Waals surface area contributed by atoms with E-state index in [1.807, 2.05) is 22.9 Å². The smallest absolute Gasteiger partial charge is 0.150 e. The van der Waals surface area contributed by atoms with Gasteiger partial charge in [0.15, 0.2) is 5.78 Å². The second kappa shape index (κ2) is 5.43. The second-order valence-corrected chi connectivity index (χ2v) is 6.12. The Bertz CT molecular complexity index is 626. The quantitative estimate of drug-likeness (QED) is 0.847. The first-order valence-corrected chi connectivity index (χ1v) is 7.61. The molecule has 1 aliphatic carbocycles. The average Bonchev–Trinajstić information content (AvgIpc) is 2.87. The molecule has 0 N–H and O–H groups in total. The summed E-state index contributed by atoms with van der Waals surface area (Å²) in [7, 11) is 0. The van der Waals surface area contributed by atoms with E-state index in [-0.39, 0.29) is 17.2 Å². The van der Waals surface area contributed by atoms with Gasteiger partial charge in [0.2, 0.25) is 0 Å². The summed E-state index contributed by atoms with van der Waals surface area (Å²) >= 11 is 0. The van der Waals surface area contributed by atoms with Crippen molar-refractivity contribution < 1.29 is 4.79 Å². The van der Waals surface area contributed by atoms with Gasteiger partial charge in [0.25, 0.3) is 0 Å². The number of nitrogens with zero attached hydrogens (tertiary/aromatic N) is 3. The van der Waals surface area contributed by atoms with Gasteiger partial charge in [0.1, 0.15) is 12.2 Å². The maximum atomic E-state index is 12.9. The number of Topliss-reactive ketones (excluding diaryl/α,β-unsaturated/α-hetero) is 1. The molecule has 1 aromatic heterocycles. The predicted octanol–water partition coefficient (Wildman–Crippen LogP) is 3.09. The molecule has 1 saturated carbocycles. The van der Waals surface area contributed by atoms with Gasteiger partial charge in [-0.3, -0.25) is 4.79 Å². The van der Waals surface area contributed by atoms with Crippen molar-refractivity contribution in [3.05, 3.63) is 48.0 Å². The van der Waals surface area contributed by atoms with Gasteiger partial charge >= 0.3 is 0 Å². The van der Waals surface area contributed by atoms with Gasteiger partial charge < -0.3 is 0 Å². The Morgan fingerprint density at radius 3 is 2.57 bits per heavy atom. The van der Waals surface area contributed by atoms with Crippen LogP contribution in [0.3, 0.4) is 0 Å². The maximum Gasteiger partial charge on any atom is 0.150 e. The van der Waals surface area contributed by atoms with Crippen LogP contribution in [-0.4, -0.2) is 20.5 Å². The molecule has 0 radical (unpaired) electrons. The normalized spacial score (nSPS) is 16.7. The molecule has 0 aliphatic heterocycles. The highest BCUT2D eigenvalue weighted by Crippen LogP contribution is 2.45. The standard InChI is InChI=1S/C17H21N3O/c1-13(2)20-16(18-12-19-20)11-15(21)17(9-6-10-17)14-7-4-3-5-8-14/h3-5,7-8,12-13H,6,9-11H2,1-2H3. The molecule has 21 heavy (non-hydrogen) atoms. The number of hydrogen-bond acceptors (Lipinski definition) is 3. The molecule has 3 rings (SSSR count). The molecule has 110 valence electrons. The van der Waals surface area contributed by atoms with E-state index in [0.29, 0.717) is 6.42 Å². The zero-order chi connectivity index (χ0) is 14.9. The number of ketones is 1. The molecular formula is C17H21N3O. The summed E-state index contributed by atoms with van der Waals surface area (Å²) in [6.07, 6.45) is 4.93. The molecule has 0 bridgehead atoms. The number of hydrogen-bond donors (Lipinski definition) is 0. The van der Waals surface area contributed by atoms with Gasteiger partial charge in [0.05, 0.1) is 11.8 Å². The number of rotatable bonds is 5. The third-order valence-corrected chi connectivity index (χ3v) is 4.52. The summed E-state index contributed by atoms with van der Waals surface area (Å²) in [4.78, 5) is 17.2. The summed E-state index contributed by atoms with van der Waals surface area (Å²) < 4.78 is 1.84. The summed E-state index contributed by atoms with van der Waals surface area (Å²) in [6.45, 7) is 4.11. The van der Waals surface area contributed by atoms with Crippen molar-refractivity contribution in [2.75, 3.05) is 0 Å². The average molecular weight is 283 g/mol. The van der Waals surface area contributed by atoms with E-state index in [9.17, 15) is 4.79 Å². The second-order valence-electron chi connectivity index (χ2n) is 6.12. The van der Waals surface area contributed by atoms with Crippen molar-refractivity contribution in [3.8, 4) is 0 Å². The molecule has 2 aromatic rings. The van der Waals surface area contributed by atoms with Crippen molar-refractivity contribution >= 4 is 5.78 Å². The molecule has 0 saturated heterocycles. The Balaban J connectivity index is 1.85. The highest BCUT2D eigenvalue weighted by molar-refractivity contribution is 5.92. The van der Waals surface area contributed by atoms with E-state index in [2.05, 4.69) is 36.1 Å². The van der Waals surface area contributed by atoms with Crippen LogP contribution in [0.25, 0.3) is 0 Å². The van der Waals surface area contributed by atoms with Crippen LogP contribution in [0, 0.1) is 0 Å². The van der Waals surface area contributed by atoms with Crippen LogP contribution in [0.15, 0.2) is 36.7 Å². The zero-order valence-electron chi connectivity index (χ0n) is 12.6. The fourth-order valence-electron chi connectivity index (χ4n) is 3.16. The summed E-state index contributed by atoms with van der Waals surface area (Å²) in [5.74, 6) is 1.05. The van der Waals surface area contributed by atoms with Crippen LogP contribution in [0.2, 0.25) is 0 Å². The third kappa shape index (κ3) is 2.39. The molecule has 0 unspecified atom stereocenters. The number of carbonyl (C=O) groups excluding carboxylic acids is 1. The Hall–Kier alpha value is -1.97. The first-order chi connectivity index (χ1) is 10.1. The number of carbonyl (C=O) groups is 1. The van der Waals surface area contributed by atoms with Crippen molar-refractivity contribution in [3.63, 3.8) is 0 Å². The van der Waals surface area contributed by atoms with Crippen molar-refractivity contribution in [2.45, 2.75) is 51.0 Å². The minimum atomic E-state index is -0.297. The molecule has 1 aromatic carbocycles. The van der Waals surface area contributed by atoms with Gasteiger partial charge in [-0.15, -0.1) is 0 Å². The van der Waals surface area contributed by atoms with Crippen LogP contribution in [0.5, 0.6) is 0 Å². The van der Waals surface area contributed by atoms with Crippen LogP contribution in [0.1, 0.15) is 50.5 Å². The highest BCUT2D eigenvalue weighted by atomic mass is 16.1. The number of aromatic nitrogens is 3. The van der Waals surface area contributed by atoms with E-state index in [4.69, 9.17) is 0 Å². The topological polar surface area (TPSA) is 47.8 Å². The van der Waals surface area contributed by atoms with E-state index in [0.717, 1.165) is 30.7 Å². The van der Waals surface area contributed by atoms with Crippen LogP contribution >= 0.6 is 0 Å². The van der Waals surface area contributed by atoms with E-state index in [1.54, 1.807) is 6.33 Å². The molecular weight excluding hydrogens is 262 g/mol. The Morgan fingerprint density at radius 1 is 1.29 bits per heavy atom. The Morgan fingerprint density at radius 2 is 2.00 bits per heavy atom. The van der Waals surface area contributed by atoms with E-state index >= 15 is 0 Å². The largest absolute Gasteiger partial charge is 0.298 e. The lowest BCUT2D eigenvalue weighted by atomic mass is 9.61. The van der Waals surface area contributed by atoms with Gasteiger partial charge in [-0.2, -0.15) is 5.10 Å². The van der Waals surface area contributed by atoms with E-state index < -0.39 is 0 Å². The van der Waals surface area contributed by atoms with E-state index in [1.165, 1.54) is 0 Å². The predicted molar refractivity (Wildman–Crippen MR) is 81.1 cm³/mol.